The van der Waals surface area contributed by atoms with E-state index in [0.717, 1.165) is 30.0 Å². The third-order valence-electron chi connectivity index (χ3n) is 2.99. The Labute approximate surface area is 125 Å². The Hall–Kier alpha value is -1.23. The van der Waals surface area contributed by atoms with Gasteiger partial charge in [0.2, 0.25) is 0 Å². The summed E-state index contributed by atoms with van der Waals surface area (Å²) >= 11 is 1.85. The van der Waals surface area contributed by atoms with Crippen molar-refractivity contribution < 1.29 is 4.92 Å². The van der Waals surface area contributed by atoms with E-state index in [0.29, 0.717) is 5.69 Å². The Morgan fingerprint density at radius 1 is 1.25 bits per heavy atom. The molecule has 0 aliphatic carbocycles. The fraction of sp³-hybridized carbons (Fsp3) is 0.600. The molecule has 1 aromatic rings. The molecule has 0 unspecified atom stereocenters. The molecular weight excluding hydrogens is 272 g/mol. The van der Waals surface area contributed by atoms with Gasteiger partial charge in [0.15, 0.2) is 0 Å². The third-order valence-corrected chi connectivity index (χ3v) is 4.10. The molecule has 1 N–H and O–H groups in total. The van der Waals surface area contributed by atoms with Crippen LogP contribution in [0.15, 0.2) is 18.2 Å². The predicted molar refractivity (Wildman–Crippen MR) is 87.6 cm³/mol. The van der Waals surface area contributed by atoms with Crippen LogP contribution in [0.25, 0.3) is 0 Å². The van der Waals surface area contributed by atoms with Gasteiger partial charge < -0.3 is 5.32 Å². The minimum Gasteiger partial charge on any atom is -0.380 e. The van der Waals surface area contributed by atoms with Crippen LogP contribution in [0, 0.1) is 10.1 Å². The molecule has 0 spiro atoms. The first-order chi connectivity index (χ1) is 9.69. The molecule has 0 atom stereocenters. The van der Waals surface area contributed by atoms with E-state index in [1.54, 1.807) is 6.07 Å². The molecule has 0 radical (unpaired) electrons. The second kappa shape index (κ2) is 9.64. The summed E-state index contributed by atoms with van der Waals surface area (Å²) in [6.07, 6.45) is 4.66. The van der Waals surface area contributed by atoms with E-state index >= 15 is 0 Å². The minimum absolute atomic E-state index is 0.185. The van der Waals surface area contributed by atoms with Gasteiger partial charge in [-0.1, -0.05) is 32.8 Å². The largest absolute Gasteiger partial charge is 0.380 e. The summed E-state index contributed by atoms with van der Waals surface area (Å²) in [7, 11) is 0. The van der Waals surface area contributed by atoms with Crippen molar-refractivity contribution in [1.29, 1.82) is 0 Å². The molecule has 112 valence electrons. The van der Waals surface area contributed by atoms with Crippen molar-refractivity contribution in [3.63, 3.8) is 0 Å². The molecule has 0 bridgehead atoms. The summed E-state index contributed by atoms with van der Waals surface area (Å²) in [6.45, 7) is 4.99. The number of nitro benzene ring substituents is 1. The monoisotopic (exact) mass is 296 g/mol. The molecule has 20 heavy (non-hydrogen) atoms. The quantitative estimate of drug-likeness (QED) is 0.381. The first kappa shape index (κ1) is 16.8. The highest BCUT2D eigenvalue weighted by Gasteiger charge is 2.13. The number of nitrogens with zero attached hydrogens (tertiary/aromatic N) is 1. The van der Waals surface area contributed by atoms with Crippen LogP contribution in [0.3, 0.4) is 0 Å². The molecule has 0 amide bonds. The van der Waals surface area contributed by atoms with Crippen molar-refractivity contribution in [3.8, 4) is 0 Å². The first-order valence-electron chi connectivity index (χ1n) is 7.28. The lowest BCUT2D eigenvalue weighted by Crippen LogP contribution is -2.03. The van der Waals surface area contributed by atoms with E-state index in [2.05, 4.69) is 12.2 Å². The summed E-state index contributed by atoms with van der Waals surface area (Å²) in [4.78, 5) is 10.8. The van der Waals surface area contributed by atoms with Crippen molar-refractivity contribution in [1.82, 2.24) is 0 Å². The van der Waals surface area contributed by atoms with Crippen LogP contribution in [0.1, 0.15) is 45.1 Å². The number of nitrogens with one attached hydrogen (secondary N) is 1. The smallest absolute Gasteiger partial charge is 0.292 e. The Morgan fingerprint density at radius 3 is 2.70 bits per heavy atom. The molecule has 5 heteroatoms. The van der Waals surface area contributed by atoms with Gasteiger partial charge in [0.05, 0.1) is 4.92 Å². The summed E-state index contributed by atoms with van der Waals surface area (Å²) in [5, 5.41) is 14.2. The van der Waals surface area contributed by atoms with Gasteiger partial charge in [0, 0.05) is 18.4 Å². The van der Waals surface area contributed by atoms with Crippen molar-refractivity contribution in [2.45, 2.75) is 45.3 Å². The van der Waals surface area contributed by atoms with Crippen LogP contribution in [0.4, 0.5) is 11.4 Å². The van der Waals surface area contributed by atoms with Gasteiger partial charge in [-0.2, -0.15) is 11.8 Å². The van der Waals surface area contributed by atoms with Crippen molar-refractivity contribution >= 4 is 23.1 Å². The van der Waals surface area contributed by atoms with E-state index < -0.39 is 0 Å². The SMILES string of the molecule is CCCCCSCc1ccc(NCCC)c([N+](=O)[O-])c1. The van der Waals surface area contributed by atoms with Gasteiger partial charge in [0.25, 0.3) is 5.69 Å². The zero-order valence-corrected chi connectivity index (χ0v) is 13.2. The van der Waals surface area contributed by atoms with Crippen molar-refractivity contribution in [2.24, 2.45) is 0 Å². The number of anilines is 1. The molecule has 0 fully saturated rings. The number of rotatable bonds is 10. The second-order valence-corrected chi connectivity index (χ2v) is 5.90. The lowest BCUT2D eigenvalue weighted by Gasteiger charge is -2.08. The zero-order valence-electron chi connectivity index (χ0n) is 12.4. The highest BCUT2D eigenvalue weighted by atomic mass is 32.2. The fourth-order valence-corrected chi connectivity index (χ4v) is 2.84. The van der Waals surface area contributed by atoms with Gasteiger partial charge in [-0.3, -0.25) is 10.1 Å². The molecule has 0 aliphatic heterocycles. The Balaban J connectivity index is 2.60. The van der Waals surface area contributed by atoms with Crippen LogP contribution in [-0.2, 0) is 5.75 Å². The van der Waals surface area contributed by atoms with Crippen molar-refractivity contribution in [3.05, 3.63) is 33.9 Å². The Kier molecular flexibility index (Phi) is 8.11. The maximum absolute atomic E-state index is 11.1. The zero-order chi connectivity index (χ0) is 14.8. The highest BCUT2D eigenvalue weighted by Crippen LogP contribution is 2.27. The number of nitro groups is 1. The van der Waals surface area contributed by atoms with E-state index in [4.69, 9.17) is 0 Å². The van der Waals surface area contributed by atoms with E-state index in [1.807, 2.05) is 30.8 Å². The van der Waals surface area contributed by atoms with E-state index in [-0.39, 0.29) is 10.6 Å². The topological polar surface area (TPSA) is 55.2 Å². The molecule has 0 heterocycles. The Bertz CT molecular complexity index is 424. The van der Waals surface area contributed by atoms with Gasteiger partial charge >= 0.3 is 0 Å². The van der Waals surface area contributed by atoms with Gasteiger partial charge in [-0.15, -0.1) is 0 Å². The van der Waals surface area contributed by atoms with E-state index in [9.17, 15) is 10.1 Å². The summed E-state index contributed by atoms with van der Waals surface area (Å²) < 4.78 is 0. The number of unbranched alkanes of at least 4 members (excludes halogenated alkanes) is 2. The van der Waals surface area contributed by atoms with E-state index in [1.165, 1.54) is 19.3 Å². The maximum Gasteiger partial charge on any atom is 0.292 e. The fourth-order valence-electron chi connectivity index (χ4n) is 1.87. The lowest BCUT2D eigenvalue weighted by atomic mass is 10.2. The second-order valence-electron chi connectivity index (χ2n) is 4.80. The Morgan fingerprint density at radius 2 is 2.05 bits per heavy atom. The number of thioether (sulfide) groups is 1. The van der Waals surface area contributed by atoms with Crippen LogP contribution < -0.4 is 5.32 Å². The van der Waals surface area contributed by atoms with Crippen LogP contribution in [0.5, 0.6) is 0 Å². The van der Waals surface area contributed by atoms with Crippen molar-refractivity contribution in [2.75, 3.05) is 17.6 Å². The van der Waals surface area contributed by atoms with Crippen LogP contribution in [0.2, 0.25) is 0 Å². The van der Waals surface area contributed by atoms with Gasteiger partial charge in [-0.05, 0) is 30.2 Å². The van der Waals surface area contributed by atoms with Crippen LogP contribution in [-0.4, -0.2) is 17.2 Å². The molecule has 0 saturated heterocycles. The molecular formula is C15H24N2O2S. The standard InChI is InChI=1S/C15H24N2O2S/c1-3-5-6-10-20-12-13-7-8-14(16-9-4-2)15(11-13)17(18)19/h7-8,11,16H,3-6,9-10,12H2,1-2H3. The molecule has 0 aliphatic rings. The summed E-state index contributed by atoms with van der Waals surface area (Å²) in [5.74, 6) is 1.97. The highest BCUT2D eigenvalue weighted by molar-refractivity contribution is 7.98. The number of benzene rings is 1. The average Bonchev–Trinajstić information content (AvgIpc) is 2.45. The minimum atomic E-state index is -0.302. The predicted octanol–water partition coefficient (Wildman–Crippen LogP) is 4.84. The third kappa shape index (κ3) is 5.82. The molecule has 0 aromatic heterocycles. The molecule has 4 nitrogen and oxygen atoms in total. The molecule has 0 saturated carbocycles. The number of hydrogen-bond donors (Lipinski definition) is 1. The van der Waals surface area contributed by atoms with Gasteiger partial charge in [0.1, 0.15) is 5.69 Å². The van der Waals surface area contributed by atoms with Gasteiger partial charge in [-0.25, -0.2) is 0 Å². The molecule has 1 aromatic carbocycles. The number of hydrogen-bond acceptors (Lipinski definition) is 4. The average molecular weight is 296 g/mol. The lowest BCUT2D eigenvalue weighted by molar-refractivity contribution is -0.384. The molecule has 1 rings (SSSR count). The summed E-state index contributed by atoms with van der Waals surface area (Å²) in [6, 6.07) is 5.51. The van der Waals surface area contributed by atoms with Crippen LogP contribution >= 0.6 is 11.8 Å². The summed E-state index contributed by atoms with van der Waals surface area (Å²) in [5.41, 5.74) is 1.84. The normalized spacial score (nSPS) is 10.5. The first-order valence-corrected chi connectivity index (χ1v) is 8.43. The maximum atomic E-state index is 11.1.